The number of benzene rings is 1. The summed E-state index contributed by atoms with van der Waals surface area (Å²) in [7, 11) is 0. The standard InChI is InChI=1S/C8H7FS/c1-6-2-3-8(9)7(4-6)5-10/h2-5H,1H3. The van der Waals surface area contributed by atoms with Gasteiger partial charge in [-0.2, -0.15) is 0 Å². The van der Waals surface area contributed by atoms with Crippen LogP contribution in [0.4, 0.5) is 4.39 Å². The van der Waals surface area contributed by atoms with Crippen LogP contribution in [0, 0.1) is 12.7 Å². The minimum Gasteiger partial charge on any atom is -0.206 e. The molecule has 0 aromatic heterocycles. The minimum atomic E-state index is -0.249. The Morgan fingerprint density at radius 1 is 1.50 bits per heavy atom. The van der Waals surface area contributed by atoms with Crippen molar-refractivity contribution in [1.82, 2.24) is 0 Å². The van der Waals surface area contributed by atoms with Gasteiger partial charge in [0.15, 0.2) is 0 Å². The highest BCUT2D eigenvalue weighted by Gasteiger charge is 1.96. The maximum Gasteiger partial charge on any atom is 0.131 e. The molecule has 0 unspecified atom stereocenters. The molecule has 1 aromatic carbocycles. The predicted molar refractivity (Wildman–Crippen MR) is 43.9 cm³/mol. The molecule has 0 amide bonds. The van der Waals surface area contributed by atoms with Gasteiger partial charge in [-0.1, -0.05) is 23.8 Å². The SMILES string of the molecule is Cc1ccc(F)c(C=S)c1. The average Bonchev–Trinajstić information content (AvgIpc) is 1.94. The fourth-order valence-corrected chi connectivity index (χ4v) is 0.934. The summed E-state index contributed by atoms with van der Waals surface area (Å²) in [6, 6.07) is 4.87. The molecule has 0 nitrogen and oxygen atoms in total. The van der Waals surface area contributed by atoms with Crippen molar-refractivity contribution in [3.05, 3.63) is 35.1 Å². The minimum absolute atomic E-state index is 0.249. The summed E-state index contributed by atoms with van der Waals surface area (Å²) in [5.74, 6) is -0.249. The van der Waals surface area contributed by atoms with Crippen LogP contribution in [0.3, 0.4) is 0 Å². The van der Waals surface area contributed by atoms with Crippen LogP contribution < -0.4 is 0 Å². The monoisotopic (exact) mass is 154 g/mol. The topological polar surface area (TPSA) is 0 Å². The van der Waals surface area contributed by atoms with Gasteiger partial charge in [-0.25, -0.2) is 4.39 Å². The van der Waals surface area contributed by atoms with E-state index in [1.165, 1.54) is 11.4 Å². The quantitative estimate of drug-likeness (QED) is 0.560. The zero-order valence-electron chi connectivity index (χ0n) is 5.60. The highest BCUT2D eigenvalue weighted by atomic mass is 32.1. The molecule has 52 valence electrons. The van der Waals surface area contributed by atoms with Crippen LogP contribution in [-0.2, 0) is 0 Å². The van der Waals surface area contributed by atoms with Crippen molar-refractivity contribution < 1.29 is 4.39 Å². The van der Waals surface area contributed by atoms with E-state index in [-0.39, 0.29) is 5.82 Å². The third-order valence-electron chi connectivity index (χ3n) is 1.28. The molecule has 0 aliphatic rings. The Labute approximate surface area is 64.7 Å². The lowest BCUT2D eigenvalue weighted by Crippen LogP contribution is -1.86. The molecule has 0 saturated carbocycles. The molecule has 0 saturated heterocycles. The molecule has 0 heterocycles. The Kier molecular flexibility index (Phi) is 2.12. The lowest BCUT2D eigenvalue weighted by atomic mass is 10.1. The van der Waals surface area contributed by atoms with Crippen LogP contribution in [0.2, 0.25) is 0 Å². The van der Waals surface area contributed by atoms with E-state index in [0.717, 1.165) is 5.56 Å². The van der Waals surface area contributed by atoms with E-state index in [1.807, 2.05) is 6.92 Å². The van der Waals surface area contributed by atoms with Gasteiger partial charge in [0, 0.05) is 10.9 Å². The first-order chi connectivity index (χ1) is 4.74. The van der Waals surface area contributed by atoms with Gasteiger partial charge in [-0.3, -0.25) is 0 Å². The van der Waals surface area contributed by atoms with Crippen LogP contribution in [-0.4, -0.2) is 5.37 Å². The van der Waals surface area contributed by atoms with Gasteiger partial charge >= 0.3 is 0 Å². The van der Waals surface area contributed by atoms with E-state index in [4.69, 9.17) is 0 Å². The number of thiocarbonyl (C=S) groups is 1. The van der Waals surface area contributed by atoms with E-state index < -0.39 is 0 Å². The van der Waals surface area contributed by atoms with Crippen LogP contribution >= 0.6 is 12.2 Å². The summed E-state index contributed by atoms with van der Waals surface area (Å²) < 4.78 is 12.7. The number of hydrogen-bond donors (Lipinski definition) is 0. The largest absolute Gasteiger partial charge is 0.206 e. The highest BCUT2D eigenvalue weighted by molar-refractivity contribution is 7.79. The Morgan fingerprint density at radius 2 is 2.20 bits per heavy atom. The number of aryl methyl sites for hydroxylation is 1. The summed E-state index contributed by atoms with van der Waals surface area (Å²) in [5, 5.41) is 1.35. The molecule has 0 spiro atoms. The summed E-state index contributed by atoms with van der Waals surface area (Å²) in [6.07, 6.45) is 0. The molecule has 0 aliphatic carbocycles. The molecule has 10 heavy (non-hydrogen) atoms. The zero-order chi connectivity index (χ0) is 7.56. The first-order valence-corrected chi connectivity index (χ1v) is 3.42. The lowest BCUT2D eigenvalue weighted by Gasteiger charge is -1.95. The van der Waals surface area contributed by atoms with Crippen molar-refractivity contribution in [3.8, 4) is 0 Å². The molecule has 0 atom stereocenters. The highest BCUT2D eigenvalue weighted by Crippen LogP contribution is 2.06. The Bertz CT molecular complexity index is 255. The van der Waals surface area contributed by atoms with E-state index in [1.54, 1.807) is 12.1 Å². The van der Waals surface area contributed by atoms with E-state index in [0.29, 0.717) is 5.56 Å². The molecule has 0 radical (unpaired) electrons. The first-order valence-electron chi connectivity index (χ1n) is 2.95. The van der Waals surface area contributed by atoms with E-state index >= 15 is 0 Å². The van der Waals surface area contributed by atoms with Gasteiger partial charge in [0.2, 0.25) is 0 Å². The van der Waals surface area contributed by atoms with Crippen molar-refractivity contribution in [2.24, 2.45) is 0 Å². The van der Waals surface area contributed by atoms with E-state index in [2.05, 4.69) is 12.2 Å². The maximum absolute atomic E-state index is 12.7. The molecular formula is C8H7FS. The molecular weight excluding hydrogens is 147 g/mol. The Hall–Kier alpha value is -0.760. The van der Waals surface area contributed by atoms with E-state index in [9.17, 15) is 4.39 Å². The number of rotatable bonds is 1. The summed E-state index contributed by atoms with van der Waals surface area (Å²) in [5.41, 5.74) is 1.52. The summed E-state index contributed by atoms with van der Waals surface area (Å²) in [6.45, 7) is 1.90. The van der Waals surface area contributed by atoms with Crippen LogP contribution in [0.5, 0.6) is 0 Å². The van der Waals surface area contributed by atoms with Gasteiger partial charge < -0.3 is 0 Å². The second-order valence-electron chi connectivity index (χ2n) is 2.14. The molecule has 0 N–H and O–H groups in total. The van der Waals surface area contributed by atoms with Crippen molar-refractivity contribution in [2.75, 3.05) is 0 Å². The third-order valence-corrected chi connectivity index (χ3v) is 1.53. The van der Waals surface area contributed by atoms with Crippen LogP contribution in [0.1, 0.15) is 11.1 Å². The van der Waals surface area contributed by atoms with Gasteiger partial charge in [0.05, 0.1) is 0 Å². The molecule has 0 fully saturated rings. The van der Waals surface area contributed by atoms with Gasteiger partial charge in [0.25, 0.3) is 0 Å². The molecule has 1 rings (SSSR count). The lowest BCUT2D eigenvalue weighted by molar-refractivity contribution is 0.626. The predicted octanol–water partition coefficient (Wildman–Crippen LogP) is 2.48. The number of halogens is 1. The van der Waals surface area contributed by atoms with Gasteiger partial charge in [0.1, 0.15) is 5.82 Å². The Balaban J connectivity index is 3.21. The molecule has 0 bridgehead atoms. The maximum atomic E-state index is 12.7. The van der Waals surface area contributed by atoms with Crippen molar-refractivity contribution in [3.63, 3.8) is 0 Å². The zero-order valence-corrected chi connectivity index (χ0v) is 6.41. The van der Waals surface area contributed by atoms with Gasteiger partial charge in [-0.05, 0) is 19.1 Å². The fraction of sp³-hybridized carbons (Fsp3) is 0.125. The van der Waals surface area contributed by atoms with Crippen LogP contribution in [0.15, 0.2) is 18.2 Å². The summed E-state index contributed by atoms with van der Waals surface area (Å²) >= 11 is 4.60. The normalized spacial score (nSPS) is 9.40. The molecule has 0 aliphatic heterocycles. The molecule has 1 aromatic rings. The fourth-order valence-electron chi connectivity index (χ4n) is 0.753. The Morgan fingerprint density at radius 3 is 2.70 bits per heavy atom. The van der Waals surface area contributed by atoms with Crippen LogP contribution in [0.25, 0.3) is 0 Å². The second kappa shape index (κ2) is 2.88. The third kappa shape index (κ3) is 1.39. The van der Waals surface area contributed by atoms with Crippen molar-refractivity contribution in [2.45, 2.75) is 6.92 Å². The van der Waals surface area contributed by atoms with Crippen molar-refractivity contribution in [1.29, 1.82) is 0 Å². The molecule has 2 heteroatoms. The second-order valence-corrected chi connectivity index (χ2v) is 2.38. The average molecular weight is 154 g/mol. The van der Waals surface area contributed by atoms with Crippen molar-refractivity contribution >= 4 is 17.6 Å². The summed E-state index contributed by atoms with van der Waals surface area (Å²) in [4.78, 5) is 0. The first kappa shape index (κ1) is 7.35. The van der Waals surface area contributed by atoms with Gasteiger partial charge in [-0.15, -0.1) is 0 Å². The number of hydrogen-bond acceptors (Lipinski definition) is 1. The smallest absolute Gasteiger partial charge is 0.131 e.